The Morgan fingerprint density at radius 2 is 2.00 bits per heavy atom. The van der Waals surface area contributed by atoms with Crippen LogP contribution in [-0.2, 0) is 9.53 Å². The van der Waals surface area contributed by atoms with Crippen molar-refractivity contribution in [3.8, 4) is 0 Å². The Labute approximate surface area is 158 Å². The number of benzene rings is 1. The number of esters is 1. The largest absolute Gasteiger partial charge is 0.449 e. The van der Waals surface area contributed by atoms with E-state index in [1.54, 1.807) is 7.05 Å². The zero-order chi connectivity index (χ0) is 20.1. The van der Waals surface area contributed by atoms with Gasteiger partial charge in [0.15, 0.2) is 6.10 Å². The van der Waals surface area contributed by atoms with Crippen molar-refractivity contribution in [2.75, 3.05) is 12.4 Å². The normalized spacial score (nSPS) is 23.2. The summed E-state index contributed by atoms with van der Waals surface area (Å²) < 4.78 is 5.22. The lowest BCUT2D eigenvalue weighted by atomic mass is 9.78. The highest BCUT2D eigenvalue weighted by molar-refractivity contribution is 5.93. The third-order valence-corrected chi connectivity index (χ3v) is 5.39. The van der Waals surface area contributed by atoms with Crippen molar-refractivity contribution in [2.24, 2.45) is 11.8 Å². The molecule has 27 heavy (non-hydrogen) atoms. The number of rotatable bonds is 6. The molecule has 0 saturated heterocycles. The van der Waals surface area contributed by atoms with Crippen molar-refractivity contribution in [1.82, 2.24) is 5.32 Å². The van der Waals surface area contributed by atoms with E-state index in [0.29, 0.717) is 17.5 Å². The minimum atomic E-state index is -0.982. The van der Waals surface area contributed by atoms with Crippen LogP contribution >= 0.6 is 0 Å². The first-order valence-electron chi connectivity index (χ1n) is 9.22. The summed E-state index contributed by atoms with van der Waals surface area (Å²) in [5, 5.41) is 16.8. The van der Waals surface area contributed by atoms with Crippen LogP contribution in [0.4, 0.5) is 11.4 Å². The number of nitrogens with zero attached hydrogens (tertiary/aromatic N) is 1. The second kappa shape index (κ2) is 8.83. The molecule has 1 aliphatic rings. The van der Waals surface area contributed by atoms with Gasteiger partial charge < -0.3 is 15.4 Å². The number of carbonyl (C=O) groups is 2. The van der Waals surface area contributed by atoms with Gasteiger partial charge in [-0.25, -0.2) is 4.79 Å². The molecule has 8 nitrogen and oxygen atoms in total. The van der Waals surface area contributed by atoms with Crippen LogP contribution < -0.4 is 10.6 Å². The average molecular weight is 377 g/mol. The maximum atomic E-state index is 12.4. The zero-order valence-electron chi connectivity index (χ0n) is 16.2. The zero-order valence-corrected chi connectivity index (χ0v) is 16.2. The van der Waals surface area contributed by atoms with E-state index in [9.17, 15) is 19.7 Å². The Bertz CT molecular complexity index is 721. The van der Waals surface area contributed by atoms with E-state index in [1.165, 1.54) is 19.1 Å². The van der Waals surface area contributed by atoms with Gasteiger partial charge in [0.05, 0.1) is 10.5 Å². The van der Waals surface area contributed by atoms with Crippen LogP contribution in [0.5, 0.6) is 0 Å². The molecule has 0 aromatic heterocycles. The van der Waals surface area contributed by atoms with E-state index < -0.39 is 17.0 Å². The van der Waals surface area contributed by atoms with E-state index in [4.69, 9.17) is 4.74 Å². The fourth-order valence-electron chi connectivity index (χ4n) is 3.39. The molecule has 8 heteroatoms. The molecule has 2 N–H and O–H groups in total. The van der Waals surface area contributed by atoms with Crippen LogP contribution in [0, 0.1) is 22.0 Å². The van der Waals surface area contributed by atoms with Gasteiger partial charge in [-0.15, -0.1) is 0 Å². The van der Waals surface area contributed by atoms with Crippen molar-refractivity contribution < 1.29 is 19.2 Å². The number of nitrogens with one attached hydrogen (secondary N) is 2. The van der Waals surface area contributed by atoms with Gasteiger partial charge in [-0.2, -0.15) is 0 Å². The van der Waals surface area contributed by atoms with Crippen molar-refractivity contribution in [3.05, 3.63) is 33.9 Å². The molecule has 0 spiro atoms. The molecule has 1 aromatic rings. The number of hydrogen-bond donors (Lipinski definition) is 2. The van der Waals surface area contributed by atoms with E-state index in [0.717, 1.165) is 25.3 Å². The Hall–Kier alpha value is -2.64. The SMILES string of the molecule is CNc1ccc(C(=O)O[C@H](C)C(=O)N[C@@H]2CCC[C@H](C)[C@H]2C)cc1[N+](=O)[O-]. The van der Waals surface area contributed by atoms with E-state index in [1.807, 2.05) is 0 Å². The number of carbonyl (C=O) groups excluding carboxylic acids is 2. The Kier molecular flexibility index (Phi) is 6.76. The average Bonchev–Trinajstić information content (AvgIpc) is 2.64. The number of amides is 1. The van der Waals surface area contributed by atoms with Gasteiger partial charge in [0.2, 0.25) is 0 Å². The van der Waals surface area contributed by atoms with Crippen molar-refractivity contribution in [1.29, 1.82) is 0 Å². The lowest BCUT2D eigenvalue weighted by molar-refractivity contribution is -0.384. The predicted octanol–water partition coefficient (Wildman–Crippen LogP) is 3.12. The second-order valence-corrected chi connectivity index (χ2v) is 7.17. The van der Waals surface area contributed by atoms with Crippen LogP contribution in [-0.4, -0.2) is 36.0 Å². The Morgan fingerprint density at radius 3 is 2.63 bits per heavy atom. The third kappa shape index (κ3) is 4.96. The molecule has 0 bridgehead atoms. The van der Waals surface area contributed by atoms with Gasteiger partial charge in [-0.1, -0.05) is 26.7 Å². The molecule has 2 rings (SSSR count). The summed E-state index contributed by atoms with van der Waals surface area (Å²) in [5.41, 5.74) is 0.0943. The lowest BCUT2D eigenvalue weighted by Gasteiger charge is -2.35. The quantitative estimate of drug-likeness (QED) is 0.448. The van der Waals surface area contributed by atoms with Crippen LogP contribution in [0.2, 0.25) is 0 Å². The summed E-state index contributed by atoms with van der Waals surface area (Å²) in [6.45, 7) is 5.79. The molecule has 0 aliphatic heterocycles. The van der Waals surface area contributed by atoms with Crippen LogP contribution in [0.15, 0.2) is 18.2 Å². The molecule has 0 radical (unpaired) electrons. The summed E-state index contributed by atoms with van der Waals surface area (Å²) >= 11 is 0. The molecule has 1 amide bonds. The number of anilines is 1. The first-order valence-corrected chi connectivity index (χ1v) is 9.22. The number of nitro groups is 1. The predicted molar refractivity (Wildman–Crippen MR) is 102 cm³/mol. The second-order valence-electron chi connectivity index (χ2n) is 7.17. The number of ether oxygens (including phenoxy) is 1. The smallest absolute Gasteiger partial charge is 0.339 e. The van der Waals surface area contributed by atoms with Crippen molar-refractivity contribution in [3.63, 3.8) is 0 Å². The van der Waals surface area contributed by atoms with Crippen molar-refractivity contribution >= 4 is 23.3 Å². The number of hydrogen-bond acceptors (Lipinski definition) is 6. The van der Waals surface area contributed by atoms with Crippen LogP contribution in [0.3, 0.4) is 0 Å². The third-order valence-electron chi connectivity index (χ3n) is 5.39. The van der Waals surface area contributed by atoms with Crippen molar-refractivity contribution in [2.45, 2.75) is 52.2 Å². The fourth-order valence-corrected chi connectivity index (χ4v) is 3.39. The molecular formula is C19H27N3O5. The molecule has 1 aliphatic carbocycles. The molecule has 0 heterocycles. The maximum Gasteiger partial charge on any atom is 0.339 e. The minimum Gasteiger partial charge on any atom is -0.449 e. The Morgan fingerprint density at radius 1 is 1.30 bits per heavy atom. The first kappa shape index (κ1) is 20.7. The Balaban J connectivity index is 2.01. The molecule has 1 fully saturated rings. The highest BCUT2D eigenvalue weighted by Gasteiger charge is 2.30. The van der Waals surface area contributed by atoms with Gasteiger partial charge in [-0.05, 0) is 37.3 Å². The van der Waals surface area contributed by atoms with Gasteiger partial charge >= 0.3 is 5.97 Å². The fraction of sp³-hybridized carbons (Fsp3) is 0.579. The first-order chi connectivity index (χ1) is 12.7. The van der Waals surface area contributed by atoms with Gasteiger partial charge in [0.1, 0.15) is 5.69 Å². The lowest BCUT2D eigenvalue weighted by Crippen LogP contribution is -2.47. The van der Waals surface area contributed by atoms with Gasteiger partial charge in [0, 0.05) is 19.2 Å². The molecular weight excluding hydrogens is 350 g/mol. The molecule has 148 valence electrons. The van der Waals surface area contributed by atoms with Gasteiger partial charge in [0.25, 0.3) is 11.6 Å². The molecule has 1 aromatic carbocycles. The number of nitro benzene ring substituents is 1. The van der Waals surface area contributed by atoms with Gasteiger partial charge in [-0.3, -0.25) is 14.9 Å². The molecule has 1 saturated carbocycles. The highest BCUT2D eigenvalue weighted by Crippen LogP contribution is 2.29. The summed E-state index contributed by atoms with van der Waals surface area (Å²) in [7, 11) is 1.56. The highest BCUT2D eigenvalue weighted by atomic mass is 16.6. The molecule has 4 atom stereocenters. The monoisotopic (exact) mass is 377 g/mol. The minimum absolute atomic E-state index is 0.0278. The summed E-state index contributed by atoms with van der Waals surface area (Å²) in [5.74, 6) is -0.223. The summed E-state index contributed by atoms with van der Waals surface area (Å²) in [4.78, 5) is 35.2. The van der Waals surface area contributed by atoms with Crippen LogP contribution in [0.1, 0.15) is 50.4 Å². The summed E-state index contributed by atoms with van der Waals surface area (Å²) in [6.07, 6.45) is 2.14. The van der Waals surface area contributed by atoms with Crippen LogP contribution in [0.25, 0.3) is 0 Å². The summed E-state index contributed by atoms with van der Waals surface area (Å²) in [6, 6.07) is 4.07. The molecule has 0 unspecified atom stereocenters. The standard InChI is InChI=1S/C19H27N3O5/c1-11-6-5-7-15(12(11)2)21-18(23)13(3)27-19(24)14-8-9-16(20-4)17(10-14)22(25)26/h8-13,15,20H,5-7H2,1-4H3,(H,21,23)/t11-,12+,13+,15+/m0/s1. The van der Waals surface area contributed by atoms with E-state index in [-0.39, 0.29) is 23.2 Å². The van der Waals surface area contributed by atoms with E-state index >= 15 is 0 Å². The topological polar surface area (TPSA) is 111 Å². The van der Waals surface area contributed by atoms with E-state index in [2.05, 4.69) is 24.5 Å². The maximum absolute atomic E-state index is 12.4.